The lowest BCUT2D eigenvalue weighted by Crippen LogP contribution is -2.35. The molecule has 0 aliphatic rings. The molecule has 4 heteroatoms. The van der Waals surface area contributed by atoms with E-state index in [1.807, 2.05) is 6.20 Å². The lowest BCUT2D eigenvalue weighted by Gasteiger charge is -2.18. The predicted molar refractivity (Wildman–Crippen MR) is 83.9 cm³/mol. The van der Waals surface area contributed by atoms with Gasteiger partial charge in [0.2, 0.25) is 5.89 Å². The van der Waals surface area contributed by atoms with Crippen molar-refractivity contribution in [1.82, 2.24) is 10.3 Å². The second-order valence-electron chi connectivity index (χ2n) is 5.87. The lowest BCUT2D eigenvalue weighted by atomic mass is 10.1. The number of nitrogens with one attached hydrogen (secondary N) is 1. The van der Waals surface area contributed by atoms with E-state index in [0.717, 1.165) is 17.2 Å². The molecule has 0 aliphatic heterocycles. The highest BCUT2D eigenvalue weighted by Gasteiger charge is 2.13. The van der Waals surface area contributed by atoms with Gasteiger partial charge >= 0.3 is 0 Å². The van der Waals surface area contributed by atoms with Gasteiger partial charge in [-0.3, -0.25) is 0 Å². The molecule has 0 spiro atoms. The molecule has 0 amide bonds. The molecule has 0 aliphatic carbocycles. The number of hydrogen-bond acceptors (Lipinski definition) is 4. The molecule has 0 unspecified atom stereocenters. The summed E-state index contributed by atoms with van der Waals surface area (Å²) in [5.41, 5.74) is 1.18. The van der Waals surface area contributed by atoms with Crippen LogP contribution in [0, 0.1) is 0 Å². The monoisotopic (exact) mass is 286 g/mol. The number of oxazole rings is 1. The summed E-state index contributed by atoms with van der Waals surface area (Å²) in [5.74, 6) is 1.57. The third kappa shape index (κ3) is 2.76. The van der Waals surface area contributed by atoms with Crippen LogP contribution in [0.2, 0.25) is 0 Å². The first-order chi connectivity index (χ1) is 9.53. The van der Waals surface area contributed by atoms with Crippen LogP contribution < -0.4 is 5.32 Å². The average Bonchev–Trinajstić information content (AvgIpc) is 3.01. The first-order valence-corrected chi connectivity index (χ1v) is 7.57. The molecule has 0 radical (unpaired) electrons. The fraction of sp³-hybridized carbons (Fsp3) is 0.312. The van der Waals surface area contributed by atoms with Crippen LogP contribution in [0.25, 0.3) is 21.4 Å². The van der Waals surface area contributed by atoms with Gasteiger partial charge in [-0.2, -0.15) is 0 Å². The van der Waals surface area contributed by atoms with Gasteiger partial charge in [0.15, 0.2) is 5.76 Å². The fourth-order valence-corrected chi connectivity index (χ4v) is 2.98. The lowest BCUT2D eigenvalue weighted by molar-refractivity contribution is 0.384. The van der Waals surface area contributed by atoms with Crippen molar-refractivity contribution in [3.63, 3.8) is 0 Å². The van der Waals surface area contributed by atoms with Crippen molar-refractivity contribution in [3.05, 3.63) is 41.7 Å². The maximum atomic E-state index is 5.86. The van der Waals surface area contributed by atoms with E-state index in [1.54, 1.807) is 11.3 Å². The summed E-state index contributed by atoms with van der Waals surface area (Å²) in [5, 5.41) is 6.74. The predicted octanol–water partition coefficient (Wildman–Crippen LogP) is 4.44. The van der Waals surface area contributed by atoms with E-state index in [-0.39, 0.29) is 5.54 Å². The Morgan fingerprint density at radius 2 is 2.05 bits per heavy atom. The fourth-order valence-electron chi connectivity index (χ4n) is 2.03. The molecule has 0 saturated carbocycles. The Morgan fingerprint density at radius 1 is 1.25 bits per heavy atom. The van der Waals surface area contributed by atoms with Crippen molar-refractivity contribution >= 4 is 21.4 Å². The van der Waals surface area contributed by atoms with Crippen molar-refractivity contribution in [2.75, 3.05) is 0 Å². The van der Waals surface area contributed by atoms with Gasteiger partial charge in [0.05, 0.1) is 12.7 Å². The summed E-state index contributed by atoms with van der Waals surface area (Å²) in [7, 11) is 0. The minimum absolute atomic E-state index is 0.0592. The molecule has 3 nitrogen and oxygen atoms in total. The summed E-state index contributed by atoms with van der Waals surface area (Å²) >= 11 is 1.73. The second-order valence-corrected chi connectivity index (χ2v) is 6.78. The molecular weight excluding hydrogens is 268 g/mol. The van der Waals surface area contributed by atoms with Crippen LogP contribution in [0.4, 0.5) is 0 Å². The molecule has 0 fully saturated rings. The van der Waals surface area contributed by atoms with Crippen molar-refractivity contribution in [2.24, 2.45) is 0 Å². The van der Waals surface area contributed by atoms with Crippen LogP contribution >= 0.6 is 11.3 Å². The zero-order chi connectivity index (χ0) is 14.2. The van der Waals surface area contributed by atoms with Gasteiger partial charge in [-0.15, -0.1) is 11.3 Å². The van der Waals surface area contributed by atoms with Gasteiger partial charge in [-0.05, 0) is 26.8 Å². The molecule has 0 bridgehead atoms. The maximum Gasteiger partial charge on any atom is 0.208 e. The average molecular weight is 286 g/mol. The van der Waals surface area contributed by atoms with E-state index in [4.69, 9.17) is 4.42 Å². The minimum atomic E-state index is 0.0592. The number of rotatable bonds is 3. The van der Waals surface area contributed by atoms with Crippen molar-refractivity contribution in [3.8, 4) is 11.3 Å². The molecule has 1 N–H and O–H groups in total. The Labute approximate surface area is 122 Å². The molecule has 20 heavy (non-hydrogen) atoms. The normalized spacial score (nSPS) is 12.2. The van der Waals surface area contributed by atoms with Crippen LogP contribution in [0.15, 0.2) is 40.3 Å². The van der Waals surface area contributed by atoms with E-state index in [2.05, 4.69) is 60.7 Å². The second kappa shape index (κ2) is 5.04. The molecule has 3 rings (SSSR count). The van der Waals surface area contributed by atoms with Crippen molar-refractivity contribution < 1.29 is 4.42 Å². The molecule has 0 atom stereocenters. The summed E-state index contributed by atoms with van der Waals surface area (Å²) in [6, 6.07) is 8.36. The van der Waals surface area contributed by atoms with E-state index >= 15 is 0 Å². The molecule has 104 valence electrons. The third-order valence-corrected chi connectivity index (χ3v) is 4.03. The Morgan fingerprint density at radius 3 is 2.85 bits per heavy atom. The van der Waals surface area contributed by atoms with Crippen LogP contribution in [0.3, 0.4) is 0 Å². The van der Waals surface area contributed by atoms with Crippen LogP contribution in [-0.2, 0) is 6.54 Å². The van der Waals surface area contributed by atoms with Gasteiger partial charge in [0.1, 0.15) is 0 Å². The van der Waals surface area contributed by atoms with Gasteiger partial charge in [-0.25, -0.2) is 4.98 Å². The summed E-state index contributed by atoms with van der Waals surface area (Å²) < 4.78 is 7.14. The molecule has 0 saturated heterocycles. The highest BCUT2D eigenvalue weighted by molar-refractivity contribution is 7.17. The molecule has 2 aromatic heterocycles. The summed E-state index contributed by atoms with van der Waals surface area (Å²) in [4.78, 5) is 4.36. The smallest absolute Gasteiger partial charge is 0.208 e. The largest absolute Gasteiger partial charge is 0.439 e. The number of benzene rings is 1. The zero-order valence-electron chi connectivity index (χ0n) is 11.9. The number of thiophene rings is 1. The van der Waals surface area contributed by atoms with Gasteiger partial charge in [0.25, 0.3) is 0 Å². The van der Waals surface area contributed by atoms with Crippen LogP contribution in [0.5, 0.6) is 0 Å². The maximum absolute atomic E-state index is 5.86. The number of fused-ring (bicyclic) bond motifs is 1. The molecule has 1 aromatic carbocycles. The quantitative estimate of drug-likeness (QED) is 0.773. The highest BCUT2D eigenvalue weighted by Crippen LogP contribution is 2.34. The number of hydrogen-bond donors (Lipinski definition) is 1. The van der Waals surface area contributed by atoms with E-state index < -0.39 is 0 Å². The van der Waals surface area contributed by atoms with E-state index in [9.17, 15) is 0 Å². The highest BCUT2D eigenvalue weighted by atomic mass is 32.1. The number of nitrogens with zero attached hydrogens (tertiary/aromatic N) is 1. The summed E-state index contributed by atoms with van der Waals surface area (Å²) in [6.07, 6.45) is 1.81. The first-order valence-electron chi connectivity index (χ1n) is 6.69. The van der Waals surface area contributed by atoms with Crippen molar-refractivity contribution in [2.45, 2.75) is 32.9 Å². The Hall–Kier alpha value is -1.65. The van der Waals surface area contributed by atoms with Crippen LogP contribution in [-0.4, -0.2) is 10.5 Å². The van der Waals surface area contributed by atoms with Gasteiger partial charge in [-0.1, -0.05) is 18.2 Å². The van der Waals surface area contributed by atoms with Crippen LogP contribution in [0.1, 0.15) is 26.7 Å². The Kier molecular flexibility index (Phi) is 3.36. The van der Waals surface area contributed by atoms with E-state index in [0.29, 0.717) is 6.54 Å². The topological polar surface area (TPSA) is 38.1 Å². The first kappa shape index (κ1) is 13.3. The summed E-state index contributed by atoms with van der Waals surface area (Å²) in [6.45, 7) is 7.03. The number of aromatic nitrogens is 1. The van der Waals surface area contributed by atoms with Gasteiger partial charge in [0, 0.05) is 26.6 Å². The molecular formula is C16H18N2OS. The van der Waals surface area contributed by atoms with E-state index in [1.165, 1.54) is 10.1 Å². The standard InChI is InChI=1S/C16H18N2OS/c1-16(2,3)18-9-15-17-8-13(19-15)12-10-20-14-7-5-4-6-11(12)14/h4-8,10,18H,9H2,1-3H3. The zero-order valence-corrected chi connectivity index (χ0v) is 12.8. The van der Waals surface area contributed by atoms with Crippen molar-refractivity contribution in [1.29, 1.82) is 0 Å². The Bertz CT molecular complexity index is 721. The minimum Gasteiger partial charge on any atom is -0.439 e. The molecule has 3 aromatic rings. The SMILES string of the molecule is CC(C)(C)NCc1ncc(-c2csc3ccccc23)o1. The molecule has 2 heterocycles. The third-order valence-electron chi connectivity index (χ3n) is 3.07. The van der Waals surface area contributed by atoms with Gasteiger partial charge < -0.3 is 9.73 Å². The Balaban J connectivity index is 1.86.